The zero-order valence-corrected chi connectivity index (χ0v) is 12.8. The lowest BCUT2D eigenvalue weighted by Gasteiger charge is -2.33. The van der Waals surface area contributed by atoms with Gasteiger partial charge in [0, 0.05) is 26.1 Å². The summed E-state index contributed by atoms with van der Waals surface area (Å²) >= 11 is 0. The number of amides is 1. The number of carbonyl (C=O) groups is 1. The summed E-state index contributed by atoms with van der Waals surface area (Å²) in [6.45, 7) is 1.81. The second kappa shape index (κ2) is 6.75. The zero-order valence-electron chi connectivity index (χ0n) is 12.8. The van der Waals surface area contributed by atoms with Crippen LogP contribution in [0, 0.1) is 5.92 Å². The molecule has 7 heteroatoms. The number of aryl methyl sites for hydroxylation is 1. The Morgan fingerprint density at radius 3 is 2.68 bits per heavy atom. The van der Waals surface area contributed by atoms with Gasteiger partial charge in [0.05, 0.1) is 12.7 Å². The topological polar surface area (TPSA) is 91.5 Å². The monoisotopic (exact) mass is 308 g/mol. The highest BCUT2D eigenvalue weighted by atomic mass is 16.3. The zero-order chi connectivity index (χ0) is 15.5. The van der Waals surface area contributed by atoms with Crippen LogP contribution in [-0.4, -0.2) is 61.6 Å². The first kappa shape index (κ1) is 15.4. The van der Waals surface area contributed by atoms with Crippen molar-refractivity contribution in [2.24, 2.45) is 5.92 Å². The van der Waals surface area contributed by atoms with Gasteiger partial charge >= 0.3 is 0 Å². The fraction of sp³-hybridized carbons (Fsp3) is 0.800. The molecule has 0 aromatic carbocycles. The van der Waals surface area contributed by atoms with Crippen LogP contribution in [0.3, 0.4) is 0 Å². The maximum atomic E-state index is 12.7. The van der Waals surface area contributed by atoms with Crippen molar-refractivity contribution in [3.63, 3.8) is 0 Å². The lowest BCUT2D eigenvalue weighted by molar-refractivity contribution is 0.0175. The van der Waals surface area contributed by atoms with Gasteiger partial charge in [-0.25, -0.2) is 0 Å². The van der Waals surface area contributed by atoms with Crippen LogP contribution in [0.15, 0.2) is 0 Å². The molecule has 0 bridgehead atoms. The molecule has 22 heavy (non-hydrogen) atoms. The largest absolute Gasteiger partial charge is 0.394 e. The summed E-state index contributed by atoms with van der Waals surface area (Å²) in [6, 6.07) is 0. The number of nitrogens with zero attached hydrogens (tertiary/aromatic N) is 4. The molecule has 0 spiro atoms. The molecule has 1 atom stereocenters. The van der Waals surface area contributed by atoms with E-state index in [-0.39, 0.29) is 18.4 Å². The normalized spacial score (nSPS) is 21.3. The Balaban J connectivity index is 1.67. The lowest BCUT2D eigenvalue weighted by Crippen LogP contribution is -2.42. The van der Waals surface area contributed by atoms with Gasteiger partial charge in [0.15, 0.2) is 0 Å². The van der Waals surface area contributed by atoms with Gasteiger partial charge in [0.1, 0.15) is 5.82 Å². The van der Waals surface area contributed by atoms with Crippen LogP contribution in [0.5, 0.6) is 0 Å². The first-order valence-corrected chi connectivity index (χ1v) is 8.21. The molecule has 1 fully saturated rings. The van der Waals surface area contributed by atoms with Crippen LogP contribution in [0.2, 0.25) is 0 Å². The van der Waals surface area contributed by atoms with Crippen LogP contribution in [-0.2, 0) is 13.0 Å². The van der Waals surface area contributed by atoms with Gasteiger partial charge in [-0.1, -0.05) is 6.42 Å². The highest BCUT2D eigenvalue weighted by Gasteiger charge is 2.30. The number of rotatable bonds is 3. The van der Waals surface area contributed by atoms with Crippen LogP contribution < -0.4 is 0 Å². The van der Waals surface area contributed by atoms with Gasteiger partial charge in [0.25, 0.3) is 5.91 Å². The molecule has 0 aliphatic carbocycles. The lowest BCUT2D eigenvalue weighted by atomic mass is 9.91. The third-order valence-corrected chi connectivity index (χ3v) is 4.86. The summed E-state index contributed by atoms with van der Waals surface area (Å²) in [5, 5.41) is 27.0. The van der Waals surface area contributed by atoms with Gasteiger partial charge in [0.2, 0.25) is 5.82 Å². The fourth-order valence-corrected chi connectivity index (χ4v) is 3.42. The highest BCUT2D eigenvalue weighted by Crippen LogP contribution is 2.22. The molecule has 0 saturated carbocycles. The molecule has 1 aromatic heterocycles. The van der Waals surface area contributed by atoms with E-state index in [4.69, 9.17) is 5.11 Å². The van der Waals surface area contributed by atoms with Crippen molar-refractivity contribution < 1.29 is 15.0 Å². The number of aliphatic hydroxyl groups excluding tert-OH is 2. The smallest absolute Gasteiger partial charge is 0.291 e. The van der Waals surface area contributed by atoms with E-state index < -0.39 is 6.10 Å². The van der Waals surface area contributed by atoms with Crippen molar-refractivity contribution >= 4 is 5.91 Å². The summed E-state index contributed by atoms with van der Waals surface area (Å²) in [5.74, 6) is 1.40. The van der Waals surface area contributed by atoms with Crippen LogP contribution in [0.4, 0.5) is 0 Å². The Morgan fingerprint density at radius 2 is 1.95 bits per heavy atom. The van der Waals surface area contributed by atoms with Crippen LogP contribution >= 0.6 is 0 Å². The van der Waals surface area contributed by atoms with Gasteiger partial charge in [-0.2, -0.15) is 0 Å². The number of carbonyl (C=O) groups excluding carboxylic acids is 1. The average molecular weight is 308 g/mol. The molecule has 2 aliphatic heterocycles. The molecule has 1 unspecified atom stereocenters. The molecular formula is C15H24N4O3. The predicted octanol–water partition coefficient (Wildman–Crippen LogP) is 0.210. The summed E-state index contributed by atoms with van der Waals surface area (Å²) in [7, 11) is 0. The van der Waals surface area contributed by atoms with E-state index in [1.807, 2.05) is 4.57 Å². The summed E-state index contributed by atoms with van der Waals surface area (Å²) in [4.78, 5) is 14.5. The highest BCUT2D eigenvalue weighted by molar-refractivity contribution is 5.90. The number of likely N-dealkylation sites (tertiary alicyclic amines) is 1. The van der Waals surface area contributed by atoms with E-state index in [2.05, 4.69) is 10.2 Å². The van der Waals surface area contributed by atoms with E-state index in [1.54, 1.807) is 4.90 Å². The number of fused-ring (bicyclic) bond motifs is 1. The fourth-order valence-electron chi connectivity index (χ4n) is 3.42. The van der Waals surface area contributed by atoms with Crippen molar-refractivity contribution in [3.8, 4) is 0 Å². The minimum atomic E-state index is -0.679. The first-order valence-electron chi connectivity index (χ1n) is 8.21. The molecule has 2 aliphatic rings. The van der Waals surface area contributed by atoms with Gasteiger partial charge in [-0.3, -0.25) is 4.79 Å². The second-order valence-corrected chi connectivity index (χ2v) is 6.28. The third kappa shape index (κ3) is 3.01. The molecule has 122 valence electrons. The van der Waals surface area contributed by atoms with Gasteiger partial charge in [-0.15, -0.1) is 10.2 Å². The predicted molar refractivity (Wildman–Crippen MR) is 79.3 cm³/mol. The van der Waals surface area contributed by atoms with Gasteiger partial charge in [-0.05, 0) is 31.6 Å². The maximum absolute atomic E-state index is 12.7. The average Bonchev–Trinajstić information content (AvgIpc) is 2.82. The van der Waals surface area contributed by atoms with Crippen molar-refractivity contribution in [3.05, 3.63) is 11.6 Å². The van der Waals surface area contributed by atoms with Crippen molar-refractivity contribution in [2.45, 2.75) is 51.2 Å². The third-order valence-electron chi connectivity index (χ3n) is 4.86. The molecule has 1 saturated heterocycles. The number of hydrogen-bond acceptors (Lipinski definition) is 5. The van der Waals surface area contributed by atoms with Crippen molar-refractivity contribution in [1.29, 1.82) is 0 Å². The Hall–Kier alpha value is -1.47. The van der Waals surface area contributed by atoms with Crippen molar-refractivity contribution in [1.82, 2.24) is 19.7 Å². The van der Waals surface area contributed by atoms with E-state index in [0.29, 0.717) is 31.8 Å². The van der Waals surface area contributed by atoms with E-state index in [0.717, 1.165) is 31.6 Å². The second-order valence-electron chi connectivity index (χ2n) is 6.28. The molecule has 1 aromatic rings. The molecule has 0 radical (unpaired) electrons. The molecule has 3 heterocycles. The maximum Gasteiger partial charge on any atom is 0.291 e. The summed E-state index contributed by atoms with van der Waals surface area (Å²) < 4.78 is 1.98. The standard InChI is InChI=1S/C15H24N4O3/c20-10-12(21)11-5-8-18(9-6-11)15(22)14-17-16-13-4-2-1-3-7-19(13)14/h11-12,20-21H,1-10H2. The molecular weight excluding hydrogens is 284 g/mol. The van der Waals surface area contributed by atoms with E-state index >= 15 is 0 Å². The van der Waals surface area contributed by atoms with Crippen LogP contribution in [0.1, 0.15) is 48.5 Å². The quantitative estimate of drug-likeness (QED) is 0.833. The van der Waals surface area contributed by atoms with Crippen molar-refractivity contribution in [2.75, 3.05) is 19.7 Å². The molecule has 3 rings (SSSR count). The summed E-state index contributed by atoms with van der Waals surface area (Å²) in [6.07, 6.45) is 4.99. The number of hydrogen-bond donors (Lipinski definition) is 2. The number of piperidine rings is 1. The molecule has 1 amide bonds. The van der Waals surface area contributed by atoms with Crippen LogP contribution in [0.25, 0.3) is 0 Å². The Kier molecular flexibility index (Phi) is 4.73. The number of aromatic nitrogens is 3. The Morgan fingerprint density at radius 1 is 1.18 bits per heavy atom. The van der Waals surface area contributed by atoms with E-state index in [1.165, 1.54) is 6.42 Å². The molecule has 2 N–H and O–H groups in total. The number of aliphatic hydroxyl groups is 2. The Labute approximate surface area is 130 Å². The molecule has 7 nitrogen and oxygen atoms in total. The summed E-state index contributed by atoms with van der Waals surface area (Å²) in [5.41, 5.74) is 0. The Bertz CT molecular complexity index is 523. The SMILES string of the molecule is O=C(c1nnc2n1CCCCC2)N1CCC(C(O)CO)CC1. The van der Waals surface area contributed by atoms with E-state index in [9.17, 15) is 9.90 Å². The first-order chi connectivity index (χ1) is 10.7. The van der Waals surface area contributed by atoms with Gasteiger partial charge < -0.3 is 19.7 Å². The minimum Gasteiger partial charge on any atom is -0.394 e. The minimum absolute atomic E-state index is 0.0578.